The van der Waals surface area contributed by atoms with Gasteiger partial charge in [0, 0.05) is 5.41 Å². The minimum Gasteiger partial charge on any atom is -0.330 e. The standard InChI is InChI=1S/C18H30N4/c19-10-9-18(17-20-12-21-22-17)15-7-3-1-5-13(15)11-14-6-2-4-8-16(14)18/h13-16H,1-12,19H2. The van der Waals surface area contributed by atoms with Gasteiger partial charge in [0.1, 0.15) is 0 Å². The van der Waals surface area contributed by atoms with Crippen LogP contribution in [0.3, 0.4) is 0 Å². The molecule has 4 nitrogen and oxygen atoms in total. The van der Waals surface area contributed by atoms with E-state index in [-0.39, 0.29) is 5.41 Å². The van der Waals surface area contributed by atoms with Gasteiger partial charge in [-0.05, 0) is 55.9 Å². The van der Waals surface area contributed by atoms with E-state index < -0.39 is 0 Å². The van der Waals surface area contributed by atoms with E-state index in [4.69, 9.17) is 10.7 Å². The first-order chi connectivity index (χ1) is 10.9. The van der Waals surface area contributed by atoms with Crippen molar-refractivity contribution < 1.29 is 0 Å². The highest BCUT2D eigenvalue weighted by atomic mass is 15.3. The summed E-state index contributed by atoms with van der Waals surface area (Å²) in [6.07, 6.45) is 13.7. The van der Waals surface area contributed by atoms with Crippen molar-refractivity contribution in [2.45, 2.75) is 64.2 Å². The lowest BCUT2D eigenvalue weighted by molar-refractivity contribution is -0.0513. The van der Waals surface area contributed by atoms with Gasteiger partial charge in [-0.15, -0.1) is 5.11 Å². The van der Waals surface area contributed by atoms with Crippen molar-refractivity contribution >= 4 is 5.84 Å². The van der Waals surface area contributed by atoms with E-state index in [0.717, 1.165) is 42.5 Å². The first-order valence-corrected chi connectivity index (χ1v) is 9.48. The van der Waals surface area contributed by atoms with Crippen molar-refractivity contribution in [3.05, 3.63) is 0 Å². The van der Waals surface area contributed by atoms with Crippen LogP contribution in [0.2, 0.25) is 0 Å². The van der Waals surface area contributed by atoms with E-state index in [9.17, 15) is 0 Å². The summed E-state index contributed by atoms with van der Waals surface area (Å²) in [5.41, 5.74) is 6.28. The predicted octanol–water partition coefficient (Wildman–Crippen LogP) is 4.16. The van der Waals surface area contributed by atoms with Crippen molar-refractivity contribution in [3.63, 3.8) is 0 Å². The summed E-state index contributed by atoms with van der Waals surface area (Å²) in [4.78, 5) is 4.76. The molecule has 3 aliphatic carbocycles. The number of fused-ring (bicyclic) bond motifs is 2. The fourth-order valence-electron chi connectivity index (χ4n) is 6.52. The molecule has 4 unspecified atom stereocenters. The van der Waals surface area contributed by atoms with Crippen LogP contribution in [-0.2, 0) is 0 Å². The van der Waals surface area contributed by atoms with E-state index in [2.05, 4.69) is 10.2 Å². The minimum absolute atomic E-state index is 0.156. The van der Waals surface area contributed by atoms with Crippen molar-refractivity contribution in [1.82, 2.24) is 0 Å². The van der Waals surface area contributed by atoms with E-state index in [1.54, 1.807) is 0 Å². The van der Waals surface area contributed by atoms with Gasteiger partial charge in [0.2, 0.25) is 0 Å². The van der Waals surface area contributed by atoms with Crippen molar-refractivity contribution in [3.8, 4) is 0 Å². The molecule has 4 atom stereocenters. The molecule has 0 spiro atoms. The van der Waals surface area contributed by atoms with Crippen LogP contribution in [0.15, 0.2) is 15.2 Å². The van der Waals surface area contributed by atoms with Gasteiger partial charge >= 0.3 is 0 Å². The summed E-state index contributed by atoms with van der Waals surface area (Å²) in [7, 11) is 0. The second-order valence-corrected chi connectivity index (χ2v) is 7.98. The van der Waals surface area contributed by atoms with Crippen LogP contribution < -0.4 is 5.73 Å². The predicted molar refractivity (Wildman–Crippen MR) is 88.8 cm³/mol. The van der Waals surface area contributed by atoms with Gasteiger partial charge in [-0.3, -0.25) is 0 Å². The Kier molecular flexibility index (Phi) is 4.05. The zero-order valence-corrected chi connectivity index (χ0v) is 13.7. The maximum absolute atomic E-state index is 6.13. The quantitative estimate of drug-likeness (QED) is 0.836. The monoisotopic (exact) mass is 302 g/mol. The van der Waals surface area contributed by atoms with E-state index in [1.165, 1.54) is 57.8 Å². The third-order valence-corrected chi connectivity index (χ3v) is 7.17. The number of azo groups is 1. The van der Waals surface area contributed by atoms with Gasteiger partial charge in [0.25, 0.3) is 0 Å². The molecule has 0 aromatic heterocycles. The summed E-state index contributed by atoms with van der Waals surface area (Å²) in [5, 5.41) is 8.77. The zero-order valence-electron chi connectivity index (χ0n) is 13.7. The number of hydrogen-bond donors (Lipinski definition) is 1. The Morgan fingerprint density at radius 1 is 0.955 bits per heavy atom. The maximum atomic E-state index is 6.13. The Balaban J connectivity index is 1.78. The number of hydrogen-bond acceptors (Lipinski definition) is 4. The molecule has 2 N–H and O–H groups in total. The Morgan fingerprint density at radius 3 is 2.14 bits per heavy atom. The molecule has 4 heteroatoms. The zero-order chi connectivity index (χ0) is 15.0. The molecule has 0 amide bonds. The molecule has 0 saturated heterocycles. The molecule has 4 rings (SSSR count). The van der Waals surface area contributed by atoms with Gasteiger partial charge in [-0.1, -0.05) is 38.5 Å². The topological polar surface area (TPSA) is 63.1 Å². The third-order valence-electron chi connectivity index (χ3n) is 7.17. The van der Waals surface area contributed by atoms with Crippen LogP contribution in [0.1, 0.15) is 64.2 Å². The largest absolute Gasteiger partial charge is 0.330 e. The molecule has 0 aromatic rings. The molecule has 0 radical (unpaired) electrons. The molecule has 122 valence electrons. The average Bonchev–Trinajstić information content (AvgIpc) is 3.09. The third kappa shape index (κ3) is 2.17. The van der Waals surface area contributed by atoms with Crippen LogP contribution in [0.5, 0.6) is 0 Å². The molecular formula is C18H30N4. The van der Waals surface area contributed by atoms with Crippen LogP contribution in [-0.4, -0.2) is 19.0 Å². The fourth-order valence-corrected chi connectivity index (χ4v) is 6.52. The fraction of sp³-hybridized carbons (Fsp3) is 0.944. The number of aliphatic imine (C=N–C) groups is 1. The Morgan fingerprint density at radius 2 is 1.59 bits per heavy atom. The molecule has 22 heavy (non-hydrogen) atoms. The van der Waals surface area contributed by atoms with Crippen LogP contribution in [0, 0.1) is 29.1 Å². The van der Waals surface area contributed by atoms with Gasteiger partial charge in [0.05, 0.1) is 0 Å². The lowest BCUT2D eigenvalue weighted by atomic mass is 9.46. The van der Waals surface area contributed by atoms with E-state index >= 15 is 0 Å². The number of amidine groups is 1. The van der Waals surface area contributed by atoms with Crippen LogP contribution in [0.4, 0.5) is 0 Å². The smallest absolute Gasteiger partial charge is 0.154 e. The molecule has 4 aliphatic rings. The van der Waals surface area contributed by atoms with Gasteiger partial charge in [-0.2, -0.15) is 5.11 Å². The lowest BCUT2D eigenvalue weighted by Gasteiger charge is -2.58. The summed E-state index contributed by atoms with van der Waals surface area (Å²) in [5.74, 6) is 4.39. The highest BCUT2D eigenvalue weighted by Gasteiger charge is 2.58. The number of rotatable bonds is 3. The Labute approximate surface area is 134 Å². The van der Waals surface area contributed by atoms with Crippen molar-refractivity contribution in [2.24, 2.45) is 50.0 Å². The highest BCUT2D eigenvalue weighted by Crippen LogP contribution is 2.61. The molecule has 3 fully saturated rings. The van der Waals surface area contributed by atoms with E-state index in [1.807, 2.05) is 0 Å². The second kappa shape index (κ2) is 6.03. The van der Waals surface area contributed by atoms with Crippen LogP contribution in [0.25, 0.3) is 0 Å². The molecule has 3 saturated carbocycles. The van der Waals surface area contributed by atoms with E-state index in [0.29, 0.717) is 6.67 Å². The molecule has 1 aliphatic heterocycles. The number of nitrogens with two attached hydrogens (primary N) is 1. The van der Waals surface area contributed by atoms with Crippen molar-refractivity contribution in [2.75, 3.05) is 13.2 Å². The first-order valence-electron chi connectivity index (χ1n) is 9.48. The molecule has 1 heterocycles. The Bertz CT molecular complexity index is 448. The molecule has 0 bridgehead atoms. The SMILES string of the molecule is NCCC1(C2=NCN=N2)C2CCCCC2CC2CCCCC21. The summed E-state index contributed by atoms with van der Waals surface area (Å²) < 4.78 is 0. The van der Waals surface area contributed by atoms with Gasteiger partial charge < -0.3 is 5.73 Å². The van der Waals surface area contributed by atoms with Gasteiger partial charge in [-0.25, -0.2) is 4.99 Å². The lowest BCUT2D eigenvalue weighted by Crippen LogP contribution is -2.56. The summed E-state index contributed by atoms with van der Waals surface area (Å²) in [6, 6.07) is 0. The van der Waals surface area contributed by atoms with Crippen molar-refractivity contribution in [1.29, 1.82) is 0 Å². The summed E-state index contributed by atoms with van der Waals surface area (Å²) >= 11 is 0. The second-order valence-electron chi connectivity index (χ2n) is 7.98. The number of nitrogens with zero attached hydrogens (tertiary/aromatic N) is 3. The maximum Gasteiger partial charge on any atom is 0.154 e. The minimum atomic E-state index is 0.156. The molecular weight excluding hydrogens is 272 g/mol. The summed E-state index contributed by atoms with van der Waals surface area (Å²) in [6.45, 7) is 1.32. The van der Waals surface area contributed by atoms with Gasteiger partial charge in [0.15, 0.2) is 12.5 Å². The average molecular weight is 302 g/mol. The first kappa shape index (κ1) is 14.8. The van der Waals surface area contributed by atoms with Crippen LogP contribution >= 0.6 is 0 Å². The Hall–Kier alpha value is -0.770. The normalized spacial score (nSPS) is 44.3. The highest BCUT2D eigenvalue weighted by molar-refractivity contribution is 5.90. The molecule has 0 aromatic carbocycles.